The molecule has 0 bridgehead atoms. The van der Waals surface area contributed by atoms with E-state index in [0.717, 1.165) is 0 Å². The minimum Gasteiger partial charge on any atom is -0.478 e. The molecule has 0 aliphatic rings. The Balaban J connectivity index is 3.77. The number of carboxylic acid groups (broad SMARTS) is 1. The highest BCUT2D eigenvalue weighted by Gasteiger charge is 2.19. The fourth-order valence-electron chi connectivity index (χ4n) is 1.52. The standard InChI is InChI=1S/C11H8O5/c1-6-2-7(3-12)8(4-13)9(5-14)10(6)11(15)16/h2-5H,1H3,(H,15,16). The second kappa shape index (κ2) is 4.48. The monoisotopic (exact) mass is 220 g/mol. The molecule has 0 atom stereocenters. The number of aromatic carboxylic acids is 1. The number of carbonyl (C=O) groups excluding carboxylic acids is 3. The summed E-state index contributed by atoms with van der Waals surface area (Å²) in [6.07, 6.45) is 0.988. The summed E-state index contributed by atoms with van der Waals surface area (Å²) in [5.41, 5.74) is -0.415. The molecule has 0 amide bonds. The van der Waals surface area contributed by atoms with Crippen molar-refractivity contribution in [3.8, 4) is 0 Å². The molecule has 0 saturated carbocycles. The maximum absolute atomic E-state index is 10.9. The predicted molar refractivity (Wildman–Crippen MR) is 54.3 cm³/mol. The van der Waals surface area contributed by atoms with E-state index in [9.17, 15) is 19.2 Å². The lowest BCUT2D eigenvalue weighted by molar-refractivity contribution is 0.0693. The summed E-state index contributed by atoms with van der Waals surface area (Å²) in [4.78, 5) is 43.1. The van der Waals surface area contributed by atoms with Gasteiger partial charge in [-0.3, -0.25) is 14.4 Å². The van der Waals surface area contributed by atoms with Crippen molar-refractivity contribution < 1.29 is 24.3 Å². The van der Waals surface area contributed by atoms with Crippen molar-refractivity contribution in [1.29, 1.82) is 0 Å². The van der Waals surface area contributed by atoms with Crippen molar-refractivity contribution >= 4 is 24.8 Å². The third-order valence-electron chi connectivity index (χ3n) is 2.21. The van der Waals surface area contributed by atoms with E-state index >= 15 is 0 Å². The average Bonchev–Trinajstić information content (AvgIpc) is 2.26. The van der Waals surface area contributed by atoms with E-state index in [2.05, 4.69) is 0 Å². The smallest absolute Gasteiger partial charge is 0.336 e. The van der Waals surface area contributed by atoms with Crippen LogP contribution in [-0.4, -0.2) is 29.9 Å². The molecular weight excluding hydrogens is 212 g/mol. The summed E-state index contributed by atoms with van der Waals surface area (Å²) in [7, 11) is 0. The minimum atomic E-state index is -1.31. The molecule has 0 aliphatic heterocycles. The molecule has 0 aliphatic carbocycles. The van der Waals surface area contributed by atoms with Crippen molar-refractivity contribution in [2.45, 2.75) is 6.92 Å². The van der Waals surface area contributed by atoms with Crippen LogP contribution in [0.1, 0.15) is 47.0 Å². The Hall–Kier alpha value is -2.30. The van der Waals surface area contributed by atoms with Gasteiger partial charge in [-0.15, -0.1) is 0 Å². The third-order valence-corrected chi connectivity index (χ3v) is 2.21. The molecular formula is C11H8O5. The zero-order valence-electron chi connectivity index (χ0n) is 8.39. The zero-order valence-corrected chi connectivity index (χ0v) is 8.39. The number of hydrogen-bond donors (Lipinski definition) is 1. The quantitative estimate of drug-likeness (QED) is 0.768. The highest BCUT2D eigenvalue weighted by atomic mass is 16.4. The van der Waals surface area contributed by atoms with Gasteiger partial charge in [-0.2, -0.15) is 0 Å². The van der Waals surface area contributed by atoms with Gasteiger partial charge >= 0.3 is 5.97 Å². The summed E-state index contributed by atoms with van der Waals surface area (Å²) < 4.78 is 0. The second-order valence-electron chi connectivity index (χ2n) is 3.14. The number of aryl methyl sites for hydroxylation is 1. The lowest BCUT2D eigenvalue weighted by Crippen LogP contribution is -2.10. The molecule has 1 N–H and O–H groups in total. The first-order valence-electron chi connectivity index (χ1n) is 4.33. The molecule has 1 aromatic rings. The van der Waals surface area contributed by atoms with Crippen LogP contribution in [0.15, 0.2) is 6.07 Å². The van der Waals surface area contributed by atoms with E-state index < -0.39 is 5.97 Å². The van der Waals surface area contributed by atoms with Crippen LogP contribution in [0.4, 0.5) is 0 Å². The SMILES string of the molecule is Cc1cc(C=O)c(C=O)c(C=O)c1C(=O)O. The number of carbonyl (C=O) groups is 4. The molecule has 0 aromatic heterocycles. The van der Waals surface area contributed by atoms with E-state index in [-0.39, 0.29) is 34.1 Å². The van der Waals surface area contributed by atoms with Crippen LogP contribution in [-0.2, 0) is 0 Å². The van der Waals surface area contributed by atoms with Gasteiger partial charge in [0.15, 0.2) is 18.9 Å². The molecule has 5 nitrogen and oxygen atoms in total. The van der Waals surface area contributed by atoms with Gasteiger partial charge in [0.05, 0.1) is 5.56 Å². The van der Waals surface area contributed by atoms with Gasteiger partial charge in [0.2, 0.25) is 0 Å². The highest BCUT2D eigenvalue weighted by molar-refractivity contribution is 6.07. The normalized spacial score (nSPS) is 9.56. The van der Waals surface area contributed by atoms with Crippen LogP contribution >= 0.6 is 0 Å². The Morgan fingerprint density at radius 3 is 2.06 bits per heavy atom. The average molecular weight is 220 g/mol. The van der Waals surface area contributed by atoms with E-state index in [1.165, 1.54) is 13.0 Å². The topological polar surface area (TPSA) is 88.5 Å². The van der Waals surface area contributed by atoms with Gasteiger partial charge < -0.3 is 5.11 Å². The largest absolute Gasteiger partial charge is 0.478 e. The lowest BCUT2D eigenvalue weighted by Gasteiger charge is -2.08. The molecule has 0 radical (unpaired) electrons. The maximum Gasteiger partial charge on any atom is 0.336 e. The zero-order chi connectivity index (χ0) is 12.3. The number of carboxylic acids is 1. The molecule has 0 heterocycles. The molecule has 82 valence electrons. The third kappa shape index (κ3) is 1.75. The number of aldehydes is 3. The van der Waals surface area contributed by atoms with Crippen LogP contribution in [0.3, 0.4) is 0 Å². The molecule has 0 unspecified atom stereocenters. The number of rotatable bonds is 4. The van der Waals surface area contributed by atoms with Crippen LogP contribution in [0, 0.1) is 6.92 Å². The van der Waals surface area contributed by atoms with Crippen LogP contribution < -0.4 is 0 Å². The van der Waals surface area contributed by atoms with Crippen LogP contribution in [0.25, 0.3) is 0 Å². The molecule has 0 spiro atoms. The molecule has 1 rings (SSSR count). The summed E-state index contributed by atoms with van der Waals surface area (Å²) in [5.74, 6) is -1.31. The van der Waals surface area contributed by atoms with E-state index in [1.54, 1.807) is 0 Å². The van der Waals surface area contributed by atoms with Crippen molar-refractivity contribution in [3.05, 3.63) is 33.9 Å². The summed E-state index contributed by atoms with van der Waals surface area (Å²) >= 11 is 0. The Bertz CT molecular complexity index is 488. The summed E-state index contributed by atoms with van der Waals surface area (Å²) in [5, 5.41) is 8.90. The van der Waals surface area contributed by atoms with Gasteiger partial charge in [-0.25, -0.2) is 4.79 Å². The van der Waals surface area contributed by atoms with Gasteiger partial charge in [0, 0.05) is 16.7 Å². The molecule has 0 fully saturated rings. The number of benzene rings is 1. The van der Waals surface area contributed by atoms with Gasteiger partial charge in [-0.05, 0) is 18.6 Å². The van der Waals surface area contributed by atoms with E-state index in [1.807, 2.05) is 0 Å². The Morgan fingerprint density at radius 2 is 1.69 bits per heavy atom. The van der Waals surface area contributed by atoms with Crippen molar-refractivity contribution in [2.75, 3.05) is 0 Å². The predicted octanol–water partition coefficient (Wildman–Crippen LogP) is 1.13. The summed E-state index contributed by atoms with van der Waals surface area (Å²) in [6.45, 7) is 1.46. The van der Waals surface area contributed by atoms with Gasteiger partial charge in [-0.1, -0.05) is 0 Å². The molecule has 1 aromatic carbocycles. The molecule has 5 heteroatoms. The first-order valence-corrected chi connectivity index (χ1v) is 4.33. The van der Waals surface area contributed by atoms with Crippen molar-refractivity contribution in [2.24, 2.45) is 0 Å². The highest BCUT2D eigenvalue weighted by Crippen LogP contribution is 2.20. The fourth-order valence-corrected chi connectivity index (χ4v) is 1.52. The fraction of sp³-hybridized carbons (Fsp3) is 0.0909. The first kappa shape index (κ1) is 11.8. The Morgan fingerprint density at radius 1 is 1.12 bits per heavy atom. The van der Waals surface area contributed by atoms with Crippen LogP contribution in [0.2, 0.25) is 0 Å². The van der Waals surface area contributed by atoms with Crippen molar-refractivity contribution in [3.63, 3.8) is 0 Å². The van der Waals surface area contributed by atoms with E-state index in [0.29, 0.717) is 12.6 Å². The Labute approximate surface area is 90.7 Å². The second-order valence-corrected chi connectivity index (χ2v) is 3.14. The van der Waals surface area contributed by atoms with Gasteiger partial charge in [0.1, 0.15) is 0 Å². The van der Waals surface area contributed by atoms with E-state index in [4.69, 9.17) is 5.11 Å². The number of hydrogen-bond acceptors (Lipinski definition) is 4. The summed E-state index contributed by atoms with van der Waals surface area (Å²) in [6, 6.07) is 1.27. The Kier molecular flexibility index (Phi) is 3.30. The van der Waals surface area contributed by atoms with Gasteiger partial charge in [0.25, 0.3) is 0 Å². The lowest BCUT2D eigenvalue weighted by atomic mass is 9.94. The molecule has 0 saturated heterocycles. The first-order chi connectivity index (χ1) is 7.56. The molecule has 16 heavy (non-hydrogen) atoms. The maximum atomic E-state index is 10.9. The minimum absolute atomic E-state index is 0.0135. The van der Waals surface area contributed by atoms with Crippen molar-refractivity contribution in [1.82, 2.24) is 0 Å². The van der Waals surface area contributed by atoms with Crippen LogP contribution in [0.5, 0.6) is 0 Å².